The number of rotatable bonds is 41. The van der Waals surface area contributed by atoms with Crippen LogP contribution in [0.3, 0.4) is 0 Å². The lowest BCUT2D eigenvalue weighted by Crippen LogP contribution is -2.30. The molecule has 0 aromatic heterocycles. The van der Waals surface area contributed by atoms with Gasteiger partial charge in [0.15, 0.2) is 6.10 Å². The number of ether oxygens (including phenoxy) is 3. The van der Waals surface area contributed by atoms with Gasteiger partial charge in [-0.05, 0) is 77.0 Å². The second-order valence-electron chi connectivity index (χ2n) is 15.3. The normalized spacial score (nSPS) is 12.7. The molecule has 0 bridgehead atoms. The van der Waals surface area contributed by atoms with Crippen LogP contribution in [0.5, 0.6) is 0 Å². The molecule has 0 aliphatic rings. The Hall–Kier alpha value is -3.15. The Morgan fingerprint density at radius 1 is 0.368 bits per heavy atom. The van der Waals surface area contributed by atoms with Gasteiger partial charge in [0.2, 0.25) is 0 Å². The lowest BCUT2D eigenvalue weighted by molar-refractivity contribution is -0.167. The fourth-order valence-corrected chi connectivity index (χ4v) is 6.16. The largest absolute Gasteiger partial charge is 0.462 e. The highest BCUT2D eigenvalue weighted by atomic mass is 16.6. The monoisotopic (exact) mass is 795 g/mol. The lowest BCUT2D eigenvalue weighted by atomic mass is 10.0. The minimum Gasteiger partial charge on any atom is -0.462 e. The average molecular weight is 795 g/mol. The minimum atomic E-state index is -0.798. The highest BCUT2D eigenvalue weighted by Crippen LogP contribution is 2.14. The van der Waals surface area contributed by atoms with E-state index in [2.05, 4.69) is 93.7 Å². The Morgan fingerprint density at radius 2 is 0.719 bits per heavy atom. The Morgan fingerprint density at radius 3 is 1.21 bits per heavy atom. The van der Waals surface area contributed by atoms with Crippen molar-refractivity contribution >= 4 is 17.9 Å². The van der Waals surface area contributed by atoms with Crippen molar-refractivity contribution in [3.8, 4) is 0 Å². The van der Waals surface area contributed by atoms with Gasteiger partial charge >= 0.3 is 17.9 Å². The van der Waals surface area contributed by atoms with Gasteiger partial charge in [0.05, 0.1) is 0 Å². The zero-order valence-corrected chi connectivity index (χ0v) is 37.1. The summed E-state index contributed by atoms with van der Waals surface area (Å²) in [5, 5.41) is 0. The van der Waals surface area contributed by atoms with Crippen LogP contribution in [0.4, 0.5) is 0 Å². The molecule has 6 nitrogen and oxygen atoms in total. The van der Waals surface area contributed by atoms with Gasteiger partial charge in [-0.25, -0.2) is 0 Å². The smallest absolute Gasteiger partial charge is 0.306 e. The first kappa shape index (κ1) is 53.9. The number of hydrogen-bond donors (Lipinski definition) is 0. The van der Waals surface area contributed by atoms with Gasteiger partial charge in [0.25, 0.3) is 0 Å². The Balaban J connectivity index is 4.46. The number of allylic oxidation sites excluding steroid dienone is 12. The van der Waals surface area contributed by atoms with Crippen LogP contribution in [0.15, 0.2) is 72.9 Å². The van der Waals surface area contributed by atoms with Gasteiger partial charge < -0.3 is 14.2 Å². The summed E-state index contributed by atoms with van der Waals surface area (Å²) >= 11 is 0. The van der Waals surface area contributed by atoms with Crippen molar-refractivity contribution in [2.24, 2.45) is 0 Å². The maximum atomic E-state index is 12.7. The van der Waals surface area contributed by atoms with E-state index in [1.54, 1.807) is 0 Å². The molecule has 57 heavy (non-hydrogen) atoms. The molecule has 0 aliphatic heterocycles. The quantitative estimate of drug-likeness (QED) is 0.0265. The van der Waals surface area contributed by atoms with Crippen LogP contribution in [0, 0.1) is 0 Å². The highest BCUT2D eigenvalue weighted by Gasteiger charge is 2.19. The van der Waals surface area contributed by atoms with E-state index in [1.165, 1.54) is 70.6 Å². The fraction of sp³-hybridized carbons (Fsp3) is 0.706. The Bertz CT molecular complexity index is 1100. The van der Waals surface area contributed by atoms with E-state index >= 15 is 0 Å². The molecule has 0 aromatic carbocycles. The summed E-state index contributed by atoms with van der Waals surface area (Å²) in [6, 6.07) is 0. The third-order valence-corrected chi connectivity index (χ3v) is 9.70. The van der Waals surface area contributed by atoms with E-state index in [0.29, 0.717) is 19.3 Å². The minimum absolute atomic E-state index is 0.0983. The van der Waals surface area contributed by atoms with Crippen LogP contribution >= 0.6 is 0 Å². The number of esters is 3. The molecule has 0 fully saturated rings. The van der Waals surface area contributed by atoms with Crippen molar-refractivity contribution in [3.05, 3.63) is 72.9 Å². The maximum absolute atomic E-state index is 12.7. The molecule has 0 saturated carbocycles. The Kier molecular flexibility index (Phi) is 43.0. The van der Waals surface area contributed by atoms with Gasteiger partial charge in [-0.2, -0.15) is 0 Å². The molecule has 1 atom stereocenters. The first-order valence-corrected chi connectivity index (χ1v) is 23.4. The lowest BCUT2D eigenvalue weighted by Gasteiger charge is -2.18. The molecule has 0 N–H and O–H groups in total. The van der Waals surface area contributed by atoms with Crippen molar-refractivity contribution < 1.29 is 28.6 Å². The van der Waals surface area contributed by atoms with Crippen LogP contribution < -0.4 is 0 Å². The van der Waals surface area contributed by atoms with Gasteiger partial charge in [0.1, 0.15) is 13.2 Å². The van der Waals surface area contributed by atoms with Crippen LogP contribution in [0.2, 0.25) is 0 Å². The van der Waals surface area contributed by atoms with Crippen molar-refractivity contribution in [2.75, 3.05) is 13.2 Å². The average Bonchev–Trinajstić information content (AvgIpc) is 3.21. The standard InChI is InChI=1S/C51H86O6/c1-4-7-10-13-16-19-22-24-25-26-27-28-30-32-35-38-41-44-50(53)56-47-48(46-55-49(52)43-40-37-34-31-21-18-15-12-9-6-3)57-51(54)45-42-39-36-33-29-23-20-17-14-11-8-5-2/h7,10,15-16,18-19,24-25,27-28,32,35,48H,4-6,8-9,11-14,17,20-23,26,29-31,33-34,36-47H2,1-3H3/b10-7-,18-15-,19-16-,25-24-,28-27-,35-32-. The molecular weight excluding hydrogens is 709 g/mol. The summed E-state index contributed by atoms with van der Waals surface area (Å²) < 4.78 is 16.6. The predicted molar refractivity (Wildman–Crippen MR) is 242 cm³/mol. The van der Waals surface area contributed by atoms with Gasteiger partial charge in [-0.1, -0.05) is 190 Å². The maximum Gasteiger partial charge on any atom is 0.306 e. The summed E-state index contributed by atoms with van der Waals surface area (Å²) in [5.74, 6) is -0.975. The first-order chi connectivity index (χ1) is 28.0. The van der Waals surface area contributed by atoms with Crippen LogP contribution in [-0.4, -0.2) is 37.2 Å². The molecular formula is C51H86O6. The molecule has 0 radical (unpaired) electrons. The SMILES string of the molecule is CC/C=C\C/C=C\C/C=C\C/C=C\C/C=C\CCCC(=O)OCC(COC(=O)CCCCCC/C=C\CCCC)OC(=O)CCCCCCCCCCCCCC. The van der Waals surface area contributed by atoms with E-state index in [-0.39, 0.29) is 37.5 Å². The number of hydrogen-bond acceptors (Lipinski definition) is 6. The zero-order valence-electron chi connectivity index (χ0n) is 37.1. The molecule has 0 spiro atoms. The molecule has 0 amide bonds. The molecule has 326 valence electrons. The van der Waals surface area contributed by atoms with E-state index in [0.717, 1.165) is 96.3 Å². The van der Waals surface area contributed by atoms with Crippen LogP contribution in [-0.2, 0) is 28.6 Å². The summed E-state index contributed by atoms with van der Waals surface area (Å²) in [5.41, 5.74) is 0. The summed E-state index contributed by atoms with van der Waals surface area (Å²) in [6.45, 7) is 6.40. The molecule has 0 aliphatic carbocycles. The second-order valence-corrected chi connectivity index (χ2v) is 15.3. The third-order valence-electron chi connectivity index (χ3n) is 9.70. The van der Waals surface area contributed by atoms with E-state index < -0.39 is 6.10 Å². The zero-order chi connectivity index (χ0) is 41.5. The van der Waals surface area contributed by atoms with Crippen molar-refractivity contribution in [2.45, 2.75) is 219 Å². The van der Waals surface area contributed by atoms with E-state index in [4.69, 9.17) is 14.2 Å². The topological polar surface area (TPSA) is 78.9 Å². The second kappa shape index (κ2) is 45.6. The number of carbonyl (C=O) groups excluding carboxylic acids is 3. The Labute approximate surface area is 351 Å². The van der Waals surface area contributed by atoms with Gasteiger partial charge in [-0.3, -0.25) is 14.4 Å². The van der Waals surface area contributed by atoms with E-state index in [1.807, 2.05) is 0 Å². The number of unbranched alkanes of at least 4 members (excludes halogenated alkanes) is 18. The van der Waals surface area contributed by atoms with E-state index in [9.17, 15) is 14.4 Å². The molecule has 0 aromatic rings. The summed E-state index contributed by atoms with van der Waals surface area (Å²) in [6.07, 6.45) is 56.0. The molecule has 0 saturated heterocycles. The number of carbonyl (C=O) groups is 3. The molecule has 1 unspecified atom stereocenters. The van der Waals surface area contributed by atoms with Crippen molar-refractivity contribution in [1.82, 2.24) is 0 Å². The summed E-state index contributed by atoms with van der Waals surface area (Å²) in [7, 11) is 0. The molecule has 0 rings (SSSR count). The molecule has 0 heterocycles. The fourth-order valence-electron chi connectivity index (χ4n) is 6.16. The summed E-state index contributed by atoms with van der Waals surface area (Å²) in [4.78, 5) is 37.7. The van der Waals surface area contributed by atoms with Crippen LogP contribution in [0.25, 0.3) is 0 Å². The molecule has 6 heteroatoms. The first-order valence-electron chi connectivity index (χ1n) is 23.4. The van der Waals surface area contributed by atoms with Crippen molar-refractivity contribution in [3.63, 3.8) is 0 Å². The third kappa shape index (κ3) is 43.8. The van der Waals surface area contributed by atoms with Crippen LogP contribution in [0.1, 0.15) is 213 Å². The predicted octanol–water partition coefficient (Wildman–Crippen LogP) is 15.1. The van der Waals surface area contributed by atoms with Gasteiger partial charge in [0, 0.05) is 19.3 Å². The highest BCUT2D eigenvalue weighted by molar-refractivity contribution is 5.71. The van der Waals surface area contributed by atoms with Crippen molar-refractivity contribution in [1.29, 1.82) is 0 Å². The van der Waals surface area contributed by atoms with Gasteiger partial charge in [-0.15, -0.1) is 0 Å².